The molecule has 0 radical (unpaired) electrons. The van der Waals surface area contributed by atoms with Crippen LogP contribution in [0.5, 0.6) is 5.75 Å². The third-order valence-electron chi connectivity index (χ3n) is 3.69. The van der Waals surface area contributed by atoms with Gasteiger partial charge in [0.05, 0.1) is 0 Å². The Kier molecular flexibility index (Phi) is 3.17. The van der Waals surface area contributed by atoms with Crippen molar-refractivity contribution in [2.75, 3.05) is 13.1 Å². The summed E-state index contributed by atoms with van der Waals surface area (Å²) in [5.41, 5.74) is 3.66. The normalized spacial score (nSPS) is 20.8. The van der Waals surface area contributed by atoms with E-state index in [1.807, 2.05) is 6.07 Å². The molecule has 2 heteroatoms. The van der Waals surface area contributed by atoms with Crippen LogP contribution in [-0.4, -0.2) is 18.2 Å². The van der Waals surface area contributed by atoms with Crippen LogP contribution in [0, 0.1) is 6.92 Å². The SMILES string of the molecule is Cc1cc(C(C)(C)C)c(O)cc1C1CCNC1. The summed E-state index contributed by atoms with van der Waals surface area (Å²) in [6, 6.07) is 4.14. The topological polar surface area (TPSA) is 32.3 Å². The molecule has 0 saturated carbocycles. The highest BCUT2D eigenvalue weighted by Gasteiger charge is 2.23. The summed E-state index contributed by atoms with van der Waals surface area (Å²) < 4.78 is 0. The molecule has 1 heterocycles. The van der Waals surface area contributed by atoms with E-state index in [0.717, 1.165) is 18.7 Å². The van der Waals surface area contributed by atoms with E-state index < -0.39 is 0 Å². The molecule has 2 rings (SSSR count). The van der Waals surface area contributed by atoms with Gasteiger partial charge in [-0.15, -0.1) is 0 Å². The fourth-order valence-electron chi connectivity index (χ4n) is 2.67. The van der Waals surface area contributed by atoms with Crippen molar-refractivity contribution in [3.05, 3.63) is 28.8 Å². The highest BCUT2D eigenvalue weighted by Crippen LogP contribution is 2.36. The minimum atomic E-state index is 0.00129. The van der Waals surface area contributed by atoms with Crippen LogP contribution in [0.2, 0.25) is 0 Å². The van der Waals surface area contributed by atoms with Crippen molar-refractivity contribution in [3.8, 4) is 5.75 Å². The van der Waals surface area contributed by atoms with Crippen LogP contribution in [0.25, 0.3) is 0 Å². The van der Waals surface area contributed by atoms with E-state index in [2.05, 4.69) is 39.1 Å². The second-order valence-corrected chi connectivity index (χ2v) is 6.17. The minimum absolute atomic E-state index is 0.00129. The molecule has 1 saturated heterocycles. The van der Waals surface area contributed by atoms with Gasteiger partial charge in [-0.1, -0.05) is 26.8 Å². The van der Waals surface area contributed by atoms with E-state index in [4.69, 9.17) is 0 Å². The monoisotopic (exact) mass is 233 g/mol. The summed E-state index contributed by atoms with van der Waals surface area (Å²) in [6.07, 6.45) is 1.18. The van der Waals surface area contributed by atoms with E-state index in [-0.39, 0.29) is 5.41 Å². The molecule has 0 bridgehead atoms. The quantitative estimate of drug-likeness (QED) is 0.781. The molecule has 1 aromatic carbocycles. The van der Waals surface area contributed by atoms with Crippen LogP contribution >= 0.6 is 0 Å². The predicted octanol–water partition coefficient (Wildman–Crippen LogP) is 3.08. The minimum Gasteiger partial charge on any atom is -0.508 e. The van der Waals surface area contributed by atoms with Crippen molar-refractivity contribution in [2.45, 2.75) is 45.4 Å². The lowest BCUT2D eigenvalue weighted by Crippen LogP contribution is -2.13. The van der Waals surface area contributed by atoms with Gasteiger partial charge in [-0.25, -0.2) is 0 Å². The average molecular weight is 233 g/mol. The average Bonchev–Trinajstić information content (AvgIpc) is 2.72. The van der Waals surface area contributed by atoms with Gasteiger partial charge >= 0.3 is 0 Å². The molecule has 1 unspecified atom stereocenters. The number of rotatable bonds is 1. The lowest BCUT2D eigenvalue weighted by molar-refractivity contribution is 0.445. The van der Waals surface area contributed by atoms with Gasteiger partial charge < -0.3 is 10.4 Å². The Morgan fingerprint density at radius 3 is 2.53 bits per heavy atom. The second kappa shape index (κ2) is 4.34. The molecule has 1 aromatic rings. The summed E-state index contributed by atoms with van der Waals surface area (Å²) in [6.45, 7) is 10.7. The van der Waals surface area contributed by atoms with E-state index in [9.17, 15) is 5.11 Å². The first-order valence-corrected chi connectivity index (χ1v) is 6.44. The molecular formula is C15H23NO. The largest absolute Gasteiger partial charge is 0.508 e. The molecule has 1 atom stereocenters. The first-order chi connectivity index (χ1) is 7.89. The number of benzene rings is 1. The number of phenolic OH excluding ortho intramolecular Hbond substituents is 1. The van der Waals surface area contributed by atoms with Gasteiger partial charge in [-0.2, -0.15) is 0 Å². The second-order valence-electron chi connectivity index (χ2n) is 6.17. The zero-order chi connectivity index (χ0) is 12.6. The molecular weight excluding hydrogens is 210 g/mol. The summed E-state index contributed by atoms with van der Waals surface area (Å²) >= 11 is 0. The number of nitrogens with one attached hydrogen (secondary N) is 1. The van der Waals surface area contributed by atoms with Crippen molar-refractivity contribution in [2.24, 2.45) is 0 Å². The Balaban J connectivity index is 2.41. The lowest BCUT2D eigenvalue weighted by atomic mass is 9.82. The van der Waals surface area contributed by atoms with E-state index in [1.54, 1.807) is 0 Å². The van der Waals surface area contributed by atoms with Crippen LogP contribution in [0.4, 0.5) is 0 Å². The van der Waals surface area contributed by atoms with E-state index in [0.29, 0.717) is 11.7 Å². The van der Waals surface area contributed by atoms with Gasteiger partial charge in [-0.05, 0) is 54.0 Å². The van der Waals surface area contributed by atoms with Crippen molar-refractivity contribution in [3.63, 3.8) is 0 Å². The van der Waals surface area contributed by atoms with Gasteiger partial charge in [-0.3, -0.25) is 0 Å². The molecule has 0 spiro atoms. The molecule has 0 aliphatic carbocycles. The van der Waals surface area contributed by atoms with Gasteiger partial charge in [0.1, 0.15) is 5.75 Å². The van der Waals surface area contributed by atoms with E-state index >= 15 is 0 Å². The van der Waals surface area contributed by atoms with Gasteiger partial charge in [0.15, 0.2) is 0 Å². The first kappa shape index (κ1) is 12.4. The smallest absolute Gasteiger partial charge is 0.119 e. The third-order valence-corrected chi connectivity index (χ3v) is 3.69. The van der Waals surface area contributed by atoms with Crippen LogP contribution < -0.4 is 5.32 Å². The van der Waals surface area contributed by atoms with E-state index in [1.165, 1.54) is 17.5 Å². The fraction of sp³-hybridized carbons (Fsp3) is 0.600. The molecule has 2 nitrogen and oxygen atoms in total. The Morgan fingerprint density at radius 1 is 1.29 bits per heavy atom. The maximum absolute atomic E-state index is 10.2. The number of hydrogen-bond donors (Lipinski definition) is 2. The Labute approximate surface area is 104 Å². The zero-order valence-corrected chi connectivity index (χ0v) is 11.3. The van der Waals surface area contributed by atoms with Gasteiger partial charge in [0.2, 0.25) is 0 Å². The molecule has 1 fully saturated rings. The summed E-state index contributed by atoms with van der Waals surface area (Å²) in [7, 11) is 0. The third kappa shape index (κ3) is 2.47. The number of aryl methyl sites for hydroxylation is 1. The number of phenols is 1. The number of aromatic hydroxyl groups is 1. The van der Waals surface area contributed by atoms with Crippen molar-refractivity contribution < 1.29 is 5.11 Å². The summed E-state index contributed by atoms with van der Waals surface area (Å²) in [4.78, 5) is 0. The summed E-state index contributed by atoms with van der Waals surface area (Å²) in [5, 5.41) is 13.6. The lowest BCUT2D eigenvalue weighted by Gasteiger charge is -2.23. The maximum Gasteiger partial charge on any atom is 0.119 e. The predicted molar refractivity (Wildman–Crippen MR) is 71.8 cm³/mol. The highest BCUT2D eigenvalue weighted by molar-refractivity contribution is 5.46. The molecule has 0 amide bonds. The Morgan fingerprint density at radius 2 is 2.00 bits per heavy atom. The zero-order valence-electron chi connectivity index (χ0n) is 11.3. The van der Waals surface area contributed by atoms with Crippen LogP contribution in [-0.2, 0) is 5.41 Å². The van der Waals surface area contributed by atoms with Gasteiger partial charge in [0.25, 0.3) is 0 Å². The molecule has 17 heavy (non-hydrogen) atoms. The fourth-order valence-corrected chi connectivity index (χ4v) is 2.67. The maximum atomic E-state index is 10.2. The van der Waals surface area contributed by atoms with Crippen molar-refractivity contribution in [1.82, 2.24) is 5.32 Å². The summed E-state index contributed by atoms with van der Waals surface area (Å²) in [5.74, 6) is 1.01. The number of hydrogen-bond acceptors (Lipinski definition) is 2. The van der Waals surface area contributed by atoms with Crippen LogP contribution in [0.15, 0.2) is 12.1 Å². The van der Waals surface area contributed by atoms with Crippen molar-refractivity contribution in [1.29, 1.82) is 0 Å². The molecule has 2 N–H and O–H groups in total. The molecule has 0 aromatic heterocycles. The molecule has 94 valence electrons. The molecule has 1 aliphatic heterocycles. The Hall–Kier alpha value is -1.02. The Bertz CT molecular complexity index is 412. The molecule has 1 aliphatic rings. The van der Waals surface area contributed by atoms with Crippen LogP contribution in [0.3, 0.4) is 0 Å². The van der Waals surface area contributed by atoms with Crippen molar-refractivity contribution >= 4 is 0 Å². The van der Waals surface area contributed by atoms with Crippen LogP contribution in [0.1, 0.15) is 49.8 Å². The highest BCUT2D eigenvalue weighted by atomic mass is 16.3. The first-order valence-electron chi connectivity index (χ1n) is 6.44. The standard InChI is InChI=1S/C15H23NO/c1-10-7-13(15(2,3)4)14(17)8-12(10)11-5-6-16-9-11/h7-8,11,16-17H,5-6,9H2,1-4H3. The van der Waals surface area contributed by atoms with Gasteiger partial charge in [0, 0.05) is 6.54 Å².